The average Bonchev–Trinajstić information content (AvgIpc) is 3.24. The third-order valence-corrected chi connectivity index (χ3v) is 5.68. The van der Waals surface area contributed by atoms with E-state index in [2.05, 4.69) is 28.8 Å². The van der Waals surface area contributed by atoms with Crippen molar-refractivity contribution in [2.75, 3.05) is 24.5 Å². The van der Waals surface area contributed by atoms with E-state index in [0.29, 0.717) is 37.3 Å². The lowest BCUT2D eigenvalue weighted by molar-refractivity contribution is -0.118. The monoisotopic (exact) mass is 429 g/mol. The van der Waals surface area contributed by atoms with E-state index in [0.717, 1.165) is 23.2 Å². The Morgan fingerprint density at radius 2 is 1.81 bits per heavy atom. The van der Waals surface area contributed by atoms with Gasteiger partial charge in [-0.3, -0.25) is 9.59 Å². The molecule has 164 valence electrons. The third-order valence-electron chi connectivity index (χ3n) is 5.68. The van der Waals surface area contributed by atoms with E-state index in [1.807, 2.05) is 30.3 Å². The number of carbonyl (C=O) groups is 2. The Balaban J connectivity index is 1.47. The molecule has 0 bridgehead atoms. The molecule has 0 spiro atoms. The number of carbonyl (C=O) groups excluding carboxylic acids is 2. The number of phenols is 1. The van der Waals surface area contributed by atoms with Crippen LogP contribution in [-0.2, 0) is 17.8 Å². The van der Waals surface area contributed by atoms with Crippen LogP contribution in [0.3, 0.4) is 0 Å². The van der Waals surface area contributed by atoms with Crippen molar-refractivity contribution in [2.45, 2.75) is 19.9 Å². The summed E-state index contributed by atoms with van der Waals surface area (Å²) >= 11 is 0. The molecular weight excluding hydrogens is 402 g/mol. The zero-order valence-electron chi connectivity index (χ0n) is 18.1. The van der Waals surface area contributed by atoms with Gasteiger partial charge in [-0.15, -0.1) is 0 Å². The first-order valence-electron chi connectivity index (χ1n) is 10.8. The molecule has 0 saturated heterocycles. The fraction of sp³-hybridized carbons (Fsp3) is 0.231. The molecule has 1 aliphatic rings. The SMILES string of the molecule is CC(=O)NCCNCc1ccc(C(=O)N2CCc3c(-c4ccccc4)cccc32)cc1O. The number of rotatable bonds is 7. The Bertz CT molecular complexity index is 1130. The van der Waals surface area contributed by atoms with Crippen molar-refractivity contribution in [2.24, 2.45) is 0 Å². The average molecular weight is 430 g/mol. The van der Waals surface area contributed by atoms with Crippen LogP contribution in [0, 0.1) is 0 Å². The van der Waals surface area contributed by atoms with Crippen molar-refractivity contribution in [1.82, 2.24) is 10.6 Å². The lowest BCUT2D eigenvalue weighted by Gasteiger charge is -2.19. The van der Waals surface area contributed by atoms with Gasteiger partial charge in [0.2, 0.25) is 5.91 Å². The van der Waals surface area contributed by atoms with Crippen LogP contribution in [0.5, 0.6) is 5.75 Å². The van der Waals surface area contributed by atoms with E-state index in [4.69, 9.17) is 0 Å². The van der Waals surface area contributed by atoms with Crippen LogP contribution < -0.4 is 15.5 Å². The molecule has 32 heavy (non-hydrogen) atoms. The van der Waals surface area contributed by atoms with Crippen LogP contribution >= 0.6 is 0 Å². The number of amides is 2. The second kappa shape index (κ2) is 9.66. The zero-order valence-corrected chi connectivity index (χ0v) is 18.1. The minimum Gasteiger partial charge on any atom is -0.508 e. The van der Waals surface area contributed by atoms with Crippen molar-refractivity contribution in [3.63, 3.8) is 0 Å². The molecular formula is C26H27N3O3. The lowest BCUT2D eigenvalue weighted by Crippen LogP contribution is -2.30. The fourth-order valence-corrected chi connectivity index (χ4v) is 4.09. The number of anilines is 1. The summed E-state index contributed by atoms with van der Waals surface area (Å²) in [5.74, 6) is -0.105. The topological polar surface area (TPSA) is 81.7 Å². The molecule has 1 heterocycles. The molecule has 0 fully saturated rings. The predicted octanol–water partition coefficient (Wildman–Crippen LogP) is 3.49. The number of aromatic hydroxyl groups is 1. The third kappa shape index (κ3) is 4.65. The molecule has 3 N–H and O–H groups in total. The molecule has 2 amide bonds. The number of nitrogens with one attached hydrogen (secondary N) is 2. The summed E-state index contributed by atoms with van der Waals surface area (Å²) in [6.45, 7) is 3.65. The molecule has 6 heteroatoms. The summed E-state index contributed by atoms with van der Waals surface area (Å²) < 4.78 is 0. The second-order valence-corrected chi connectivity index (χ2v) is 7.88. The highest BCUT2D eigenvalue weighted by atomic mass is 16.3. The summed E-state index contributed by atoms with van der Waals surface area (Å²) in [6, 6.07) is 21.3. The predicted molar refractivity (Wildman–Crippen MR) is 126 cm³/mol. The Morgan fingerprint density at radius 1 is 1.00 bits per heavy atom. The molecule has 0 radical (unpaired) electrons. The zero-order chi connectivity index (χ0) is 22.5. The smallest absolute Gasteiger partial charge is 0.258 e. The van der Waals surface area contributed by atoms with Gasteiger partial charge in [0, 0.05) is 49.9 Å². The van der Waals surface area contributed by atoms with E-state index < -0.39 is 0 Å². The molecule has 3 aromatic rings. The van der Waals surface area contributed by atoms with E-state index in [1.165, 1.54) is 18.6 Å². The molecule has 4 rings (SSSR count). The van der Waals surface area contributed by atoms with Crippen LogP contribution in [0.15, 0.2) is 66.7 Å². The summed E-state index contributed by atoms with van der Waals surface area (Å²) in [6.07, 6.45) is 0.800. The maximum atomic E-state index is 13.2. The van der Waals surface area contributed by atoms with Gasteiger partial charge in [-0.2, -0.15) is 0 Å². The molecule has 0 aromatic heterocycles. The summed E-state index contributed by atoms with van der Waals surface area (Å²) in [5, 5.41) is 16.3. The maximum absolute atomic E-state index is 13.2. The number of hydrogen-bond acceptors (Lipinski definition) is 4. The van der Waals surface area contributed by atoms with Crippen molar-refractivity contribution < 1.29 is 14.7 Å². The first-order chi connectivity index (χ1) is 15.5. The molecule has 0 saturated carbocycles. The number of benzene rings is 3. The Kier molecular flexibility index (Phi) is 6.52. The van der Waals surface area contributed by atoms with Gasteiger partial charge >= 0.3 is 0 Å². The van der Waals surface area contributed by atoms with Gasteiger partial charge in [0.05, 0.1) is 0 Å². The van der Waals surface area contributed by atoms with Crippen molar-refractivity contribution in [3.05, 3.63) is 83.4 Å². The van der Waals surface area contributed by atoms with E-state index in [9.17, 15) is 14.7 Å². The number of fused-ring (bicyclic) bond motifs is 1. The van der Waals surface area contributed by atoms with Gasteiger partial charge in [-0.05, 0) is 41.3 Å². The number of phenolic OH excluding ortho intramolecular Hbond substituents is 1. The normalized spacial score (nSPS) is 12.5. The first kappa shape index (κ1) is 21.6. The van der Waals surface area contributed by atoms with Gasteiger partial charge in [-0.25, -0.2) is 0 Å². The van der Waals surface area contributed by atoms with Crippen LogP contribution in [0.1, 0.15) is 28.4 Å². The molecule has 0 aliphatic carbocycles. The highest BCUT2D eigenvalue weighted by Crippen LogP contribution is 2.37. The maximum Gasteiger partial charge on any atom is 0.258 e. The molecule has 0 atom stereocenters. The van der Waals surface area contributed by atoms with Crippen molar-refractivity contribution >= 4 is 17.5 Å². The molecule has 0 unspecified atom stereocenters. The number of hydrogen-bond donors (Lipinski definition) is 3. The van der Waals surface area contributed by atoms with Crippen LogP contribution in [0.25, 0.3) is 11.1 Å². The van der Waals surface area contributed by atoms with Gasteiger partial charge in [-0.1, -0.05) is 48.5 Å². The Hall–Kier alpha value is -3.64. The van der Waals surface area contributed by atoms with Crippen LogP contribution in [0.2, 0.25) is 0 Å². The van der Waals surface area contributed by atoms with E-state index >= 15 is 0 Å². The van der Waals surface area contributed by atoms with E-state index in [-0.39, 0.29) is 17.6 Å². The van der Waals surface area contributed by atoms with Crippen LogP contribution in [0.4, 0.5) is 5.69 Å². The molecule has 6 nitrogen and oxygen atoms in total. The molecule has 3 aromatic carbocycles. The highest BCUT2D eigenvalue weighted by molar-refractivity contribution is 6.08. The standard InChI is InChI=1S/C26H27N3O3/c1-18(30)28-14-13-27-17-21-11-10-20(16-25(21)31)26(32)29-15-12-23-22(8-5-9-24(23)29)19-6-3-2-4-7-19/h2-11,16,27,31H,12-15,17H2,1H3,(H,28,30). The van der Waals surface area contributed by atoms with Crippen molar-refractivity contribution in [3.8, 4) is 16.9 Å². The lowest BCUT2D eigenvalue weighted by atomic mass is 9.98. The Morgan fingerprint density at radius 3 is 2.56 bits per heavy atom. The summed E-state index contributed by atoms with van der Waals surface area (Å²) in [5.41, 5.74) is 5.57. The highest BCUT2D eigenvalue weighted by Gasteiger charge is 2.27. The molecule has 1 aliphatic heterocycles. The first-order valence-corrected chi connectivity index (χ1v) is 10.8. The second-order valence-electron chi connectivity index (χ2n) is 7.88. The quantitative estimate of drug-likeness (QED) is 0.502. The van der Waals surface area contributed by atoms with Crippen LogP contribution in [-0.4, -0.2) is 36.6 Å². The van der Waals surface area contributed by atoms with Gasteiger partial charge in [0.15, 0.2) is 0 Å². The van der Waals surface area contributed by atoms with Crippen molar-refractivity contribution in [1.29, 1.82) is 0 Å². The Labute approximate surface area is 187 Å². The summed E-state index contributed by atoms with van der Waals surface area (Å²) in [7, 11) is 0. The van der Waals surface area contributed by atoms with Gasteiger partial charge in [0.1, 0.15) is 5.75 Å². The van der Waals surface area contributed by atoms with E-state index in [1.54, 1.807) is 17.0 Å². The minimum atomic E-state index is -0.116. The fourth-order valence-electron chi connectivity index (χ4n) is 4.09. The minimum absolute atomic E-state index is 0.0723. The van der Waals surface area contributed by atoms with Gasteiger partial charge in [0.25, 0.3) is 5.91 Å². The summed E-state index contributed by atoms with van der Waals surface area (Å²) in [4.78, 5) is 25.9. The largest absolute Gasteiger partial charge is 0.508 e. The number of nitrogens with zero attached hydrogens (tertiary/aromatic N) is 1. The van der Waals surface area contributed by atoms with Gasteiger partial charge < -0.3 is 20.6 Å².